The number of hydrogen-bond donors (Lipinski definition) is 1. The highest BCUT2D eigenvalue weighted by molar-refractivity contribution is 5.93. The van der Waals surface area contributed by atoms with E-state index in [9.17, 15) is 9.18 Å². The van der Waals surface area contributed by atoms with Crippen LogP contribution in [0.15, 0.2) is 54.7 Å². The van der Waals surface area contributed by atoms with Gasteiger partial charge in [0, 0.05) is 29.0 Å². The summed E-state index contributed by atoms with van der Waals surface area (Å²) < 4.78 is 17.9. The van der Waals surface area contributed by atoms with Gasteiger partial charge in [0.1, 0.15) is 5.82 Å². The highest BCUT2D eigenvalue weighted by Gasteiger charge is 2.06. The predicted molar refractivity (Wildman–Crippen MR) is 82.8 cm³/mol. The number of anilines is 2. The minimum Gasteiger partial charge on any atom is -0.465 e. The molecule has 3 aromatic rings. The fraction of sp³-hybridized carbons (Fsp3) is 0.0588. The zero-order chi connectivity index (χ0) is 15.5. The molecule has 110 valence electrons. The molecule has 0 atom stereocenters. The Morgan fingerprint density at radius 3 is 2.64 bits per heavy atom. The largest absolute Gasteiger partial charge is 0.465 e. The van der Waals surface area contributed by atoms with Crippen LogP contribution in [0.3, 0.4) is 0 Å². The molecule has 0 aliphatic rings. The van der Waals surface area contributed by atoms with Crippen LogP contribution in [0, 0.1) is 5.82 Å². The van der Waals surface area contributed by atoms with Gasteiger partial charge in [0.15, 0.2) is 0 Å². The average molecular weight is 296 g/mol. The van der Waals surface area contributed by atoms with Crippen molar-refractivity contribution in [2.75, 3.05) is 12.4 Å². The highest BCUT2D eigenvalue weighted by Crippen LogP contribution is 2.25. The van der Waals surface area contributed by atoms with Gasteiger partial charge >= 0.3 is 5.97 Å². The third kappa shape index (κ3) is 2.74. The van der Waals surface area contributed by atoms with Gasteiger partial charge in [-0.3, -0.25) is 4.98 Å². The number of esters is 1. The minimum atomic E-state index is -0.378. The van der Waals surface area contributed by atoms with Crippen molar-refractivity contribution in [3.8, 4) is 0 Å². The fourth-order valence-electron chi connectivity index (χ4n) is 2.19. The molecule has 22 heavy (non-hydrogen) atoms. The predicted octanol–water partition coefficient (Wildman–Crippen LogP) is 3.90. The summed E-state index contributed by atoms with van der Waals surface area (Å²) in [5, 5.41) is 4.06. The van der Waals surface area contributed by atoms with Gasteiger partial charge in [-0.1, -0.05) is 0 Å². The number of halogens is 1. The maximum Gasteiger partial charge on any atom is 0.337 e. The van der Waals surface area contributed by atoms with E-state index >= 15 is 0 Å². The standard InChI is InChI=1S/C17H13FN2O2/c1-22-17(21)11-2-5-13(6-3-11)20-15-8-9-19-16-10-12(18)4-7-14(15)16/h2-10H,1H3,(H,19,20). The van der Waals surface area contributed by atoms with Crippen LogP contribution in [-0.4, -0.2) is 18.1 Å². The molecule has 0 spiro atoms. The van der Waals surface area contributed by atoms with Crippen LogP contribution in [-0.2, 0) is 4.74 Å². The Labute approximate surface area is 126 Å². The second-order valence-electron chi connectivity index (χ2n) is 4.71. The second-order valence-corrected chi connectivity index (χ2v) is 4.71. The van der Waals surface area contributed by atoms with Crippen molar-refractivity contribution in [3.63, 3.8) is 0 Å². The van der Waals surface area contributed by atoms with E-state index < -0.39 is 0 Å². The lowest BCUT2D eigenvalue weighted by atomic mass is 10.1. The molecule has 5 heteroatoms. The monoisotopic (exact) mass is 296 g/mol. The van der Waals surface area contributed by atoms with Gasteiger partial charge in [0.2, 0.25) is 0 Å². The molecule has 0 aliphatic carbocycles. The number of methoxy groups -OCH3 is 1. The highest BCUT2D eigenvalue weighted by atomic mass is 19.1. The molecule has 0 bridgehead atoms. The summed E-state index contributed by atoms with van der Waals surface area (Å²) in [6.07, 6.45) is 1.62. The number of pyridine rings is 1. The Bertz CT molecular complexity index is 832. The zero-order valence-corrected chi connectivity index (χ0v) is 11.8. The number of benzene rings is 2. The second kappa shape index (κ2) is 5.81. The van der Waals surface area contributed by atoms with Crippen LogP contribution in [0.1, 0.15) is 10.4 Å². The smallest absolute Gasteiger partial charge is 0.337 e. The van der Waals surface area contributed by atoms with E-state index in [1.807, 2.05) is 6.07 Å². The van der Waals surface area contributed by atoms with Crippen molar-refractivity contribution in [1.29, 1.82) is 0 Å². The maximum atomic E-state index is 13.2. The van der Waals surface area contributed by atoms with Crippen molar-refractivity contribution in [2.24, 2.45) is 0 Å². The number of hydrogen-bond acceptors (Lipinski definition) is 4. The van der Waals surface area contributed by atoms with E-state index in [2.05, 4.69) is 15.0 Å². The lowest BCUT2D eigenvalue weighted by Gasteiger charge is -2.10. The number of carbonyl (C=O) groups excluding carboxylic acids is 1. The van der Waals surface area contributed by atoms with Crippen LogP contribution in [0.2, 0.25) is 0 Å². The third-order valence-corrected chi connectivity index (χ3v) is 3.29. The molecule has 4 nitrogen and oxygen atoms in total. The molecule has 1 N–H and O–H groups in total. The summed E-state index contributed by atoms with van der Waals surface area (Å²) >= 11 is 0. The van der Waals surface area contributed by atoms with Crippen molar-refractivity contribution in [2.45, 2.75) is 0 Å². The van der Waals surface area contributed by atoms with E-state index in [1.54, 1.807) is 36.5 Å². The summed E-state index contributed by atoms with van der Waals surface area (Å²) in [5.41, 5.74) is 2.69. The molecule has 1 heterocycles. The number of fused-ring (bicyclic) bond motifs is 1. The van der Waals surface area contributed by atoms with E-state index in [-0.39, 0.29) is 11.8 Å². The van der Waals surface area contributed by atoms with E-state index in [0.29, 0.717) is 11.1 Å². The fourth-order valence-corrected chi connectivity index (χ4v) is 2.19. The van der Waals surface area contributed by atoms with Gasteiger partial charge in [-0.2, -0.15) is 0 Å². The topological polar surface area (TPSA) is 51.2 Å². The first kappa shape index (κ1) is 14.0. The van der Waals surface area contributed by atoms with Crippen molar-refractivity contribution < 1.29 is 13.9 Å². The molecule has 1 aromatic heterocycles. The van der Waals surface area contributed by atoms with Crippen molar-refractivity contribution in [3.05, 3.63) is 66.1 Å². The minimum absolute atomic E-state index is 0.320. The van der Waals surface area contributed by atoms with Crippen molar-refractivity contribution in [1.82, 2.24) is 4.98 Å². The zero-order valence-electron chi connectivity index (χ0n) is 11.8. The molecule has 0 unspecified atom stereocenters. The third-order valence-electron chi connectivity index (χ3n) is 3.29. The van der Waals surface area contributed by atoms with Gasteiger partial charge < -0.3 is 10.1 Å². The lowest BCUT2D eigenvalue weighted by Crippen LogP contribution is -2.01. The van der Waals surface area contributed by atoms with Gasteiger partial charge in [-0.15, -0.1) is 0 Å². The van der Waals surface area contributed by atoms with Gasteiger partial charge in [0.25, 0.3) is 0 Å². The van der Waals surface area contributed by atoms with Crippen LogP contribution < -0.4 is 5.32 Å². The number of ether oxygens (including phenoxy) is 1. The molecule has 0 fully saturated rings. The Kier molecular flexibility index (Phi) is 3.70. The quantitative estimate of drug-likeness (QED) is 0.745. The summed E-state index contributed by atoms with van der Waals surface area (Å²) in [5.74, 6) is -0.698. The first-order valence-electron chi connectivity index (χ1n) is 6.67. The molecule has 0 aliphatic heterocycles. The molecular weight excluding hydrogens is 283 g/mol. The van der Waals surface area contributed by atoms with Gasteiger partial charge in [-0.05, 0) is 42.5 Å². The van der Waals surface area contributed by atoms with Gasteiger partial charge in [-0.25, -0.2) is 9.18 Å². The first-order valence-corrected chi connectivity index (χ1v) is 6.67. The summed E-state index contributed by atoms with van der Waals surface area (Å²) in [7, 11) is 1.34. The van der Waals surface area contributed by atoms with E-state index in [1.165, 1.54) is 19.2 Å². The van der Waals surface area contributed by atoms with Crippen LogP contribution in [0.4, 0.5) is 15.8 Å². The van der Waals surface area contributed by atoms with Gasteiger partial charge in [0.05, 0.1) is 18.2 Å². The SMILES string of the molecule is COC(=O)c1ccc(Nc2ccnc3cc(F)ccc23)cc1. The number of nitrogens with one attached hydrogen (secondary N) is 1. The molecule has 0 radical (unpaired) electrons. The lowest BCUT2D eigenvalue weighted by molar-refractivity contribution is 0.0601. The summed E-state index contributed by atoms with van der Waals surface area (Å²) in [6, 6.07) is 13.2. The van der Waals surface area contributed by atoms with Crippen molar-refractivity contribution >= 4 is 28.2 Å². The Hall–Kier alpha value is -2.95. The Balaban J connectivity index is 1.91. The first-order chi connectivity index (χ1) is 10.7. The Morgan fingerprint density at radius 1 is 1.14 bits per heavy atom. The molecule has 2 aromatic carbocycles. The van der Waals surface area contributed by atoms with E-state index in [4.69, 9.17) is 0 Å². The molecule has 0 saturated carbocycles. The maximum absolute atomic E-state index is 13.2. The van der Waals surface area contributed by atoms with Crippen LogP contribution in [0.5, 0.6) is 0 Å². The number of carbonyl (C=O) groups is 1. The van der Waals surface area contributed by atoms with Crippen LogP contribution >= 0.6 is 0 Å². The Morgan fingerprint density at radius 2 is 1.91 bits per heavy atom. The molecule has 3 rings (SSSR count). The van der Waals surface area contributed by atoms with Crippen LogP contribution in [0.25, 0.3) is 10.9 Å². The number of rotatable bonds is 3. The number of aromatic nitrogens is 1. The molecule has 0 amide bonds. The summed E-state index contributed by atoms with van der Waals surface area (Å²) in [6.45, 7) is 0. The molecular formula is C17H13FN2O2. The average Bonchev–Trinajstić information content (AvgIpc) is 2.55. The normalized spacial score (nSPS) is 10.5. The number of nitrogens with zero attached hydrogens (tertiary/aromatic N) is 1. The summed E-state index contributed by atoms with van der Waals surface area (Å²) in [4.78, 5) is 15.6. The van der Waals surface area contributed by atoms with E-state index in [0.717, 1.165) is 16.8 Å². The molecule has 0 saturated heterocycles.